The van der Waals surface area contributed by atoms with Gasteiger partial charge >= 0.3 is 0 Å². The lowest BCUT2D eigenvalue weighted by molar-refractivity contribution is 0.686. The third kappa shape index (κ3) is 2.63. The molecule has 0 saturated carbocycles. The number of benzene rings is 2. The van der Waals surface area contributed by atoms with Crippen molar-refractivity contribution in [2.24, 2.45) is 0 Å². The summed E-state index contributed by atoms with van der Waals surface area (Å²) in [5.74, 6) is 0. The number of hydrogen-bond acceptors (Lipinski definition) is 3. The van der Waals surface area contributed by atoms with Gasteiger partial charge in [-0.2, -0.15) is 10.4 Å². The number of nitrogens with two attached hydrogens (primary N) is 1. The molecule has 4 nitrogen and oxygen atoms in total. The highest BCUT2D eigenvalue weighted by molar-refractivity contribution is 5.75. The molecule has 0 radical (unpaired) electrons. The van der Waals surface area contributed by atoms with Gasteiger partial charge in [-0.3, -0.25) is 4.68 Å². The number of aromatic nitrogens is 2. The van der Waals surface area contributed by atoms with E-state index in [1.54, 1.807) is 6.20 Å². The molecule has 1 heterocycles. The molecule has 0 spiro atoms. The topological polar surface area (TPSA) is 67.6 Å². The second-order valence-corrected chi connectivity index (χ2v) is 4.78. The third-order valence-corrected chi connectivity index (χ3v) is 3.38. The number of nitrogen functional groups attached to an aromatic ring is 1. The standard InChI is InChI=1S/C17H14N4/c18-9-13-5-1-2-6-14(13)11-21-12-15(10-20-21)16-7-3-4-8-17(16)19/h1-8,10,12H,11,19H2. The normalized spacial score (nSPS) is 10.2. The van der Waals surface area contributed by atoms with Crippen molar-refractivity contribution in [2.45, 2.75) is 6.54 Å². The van der Waals surface area contributed by atoms with Gasteiger partial charge in [-0.25, -0.2) is 0 Å². The van der Waals surface area contributed by atoms with Gasteiger partial charge in [-0.15, -0.1) is 0 Å². The molecule has 3 aromatic rings. The molecule has 0 bridgehead atoms. The third-order valence-electron chi connectivity index (χ3n) is 3.38. The molecule has 0 amide bonds. The maximum Gasteiger partial charge on any atom is 0.0995 e. The van der Waals surface area contributed by atoms with Crippen molar-refractivity contribution in [3.05, 3.63) is 72.1 Å². The Morgan fingerprint density at radius 2 is 1.86 bits per heavy atom. The van der Waals surface area contributed by atoms with Crippen molar-refractivity contribution in [1.82, 2.24) is 9.78 Å². The van der Waals surface area contributed by atoms with Crippen LogP contribution in [0, 0.1) is 11.3 Å². The van der Waals surface area contributed by atoms with Gasteiger partial charge in [0, 0.05) is 23.0 Å². The summed E-state index contributed by atoms with van der Waals surface area (Å²) in [6.45, 7) is 0.566. The van der Waals surface area contributed by atoms with E-state index in [1.807, 2.05) is 59.4 Å². The van der Waals surface area contributed by atoms with Crippen molar-refractivity contribution in [1.29, 1.82) is 5.26 Å². The van der Waals surface area contributed by atoms with Gasteiger partial charge < -0.3 is 5.73 Å². The van der Waals surface area contributed by atoms with Crippen LogP contribution in [0.3, 0.4) is 0 Å². The maximum absolute atomic E-state index is 9.12. The van der Waals surface area contributed by atoms with Gasteiger partial charge in [0.25, 0.3) is 0 Å². The summed E-state index contributed by atoms with van der Waals surface area (Å²) in [5.41, 5.74) is 10.3. The summed E-state index contributed by atoms with van der Waals surface area (Å²) in [6.07, 6.45) is 3.74. The van der Waals surface area contributed by atoms with E-state index in [4.69, 9.17) is 11.0 Å². The molecule has 0 aliphatic carbocycles. The molecule has 0 aliphatic rings. The van der Waals surface area contributed by atoms with Crippen LogP contribution >= 0.6 is 0 Å². The summed E-state index contributed by atoms with van der Waals surface area (Å²) in [7, 11) is 0. The van der Waals surface area contributed by atoms with Crippen LogP contribution < -0.4 is 5.73 Å². The van der Waals surface area contributed by atoms with E-state index in [2.05, 4.69) is 11.2 Å². The van der Waals surface area contributed by atoms with Gasteiger partial charge in [0.05, 0.1) is 24.4 Å². The zero-order chi connectivity index (χ0) is 14.7. The van der Waals surface area contributed by atoms with Gasteiger partial charge in [0.15, 0.2) is 0 Å². The van der Waals surface area contributed by atoms with Gasteiger partial charge in [0.2, 0.25) is 0 Å². The molecule has 21 heavy (non-hydrogen) atoms. The van der Waals surface area contributed by atoms with Crippen molar-refractivity contribution in [3.63, 3.8) is 0 Å². The minimum atomic E-state index is 0.566. The zero-order valence-electron chi connectivity index (χ0n) is 11.4. The van der Waals surface area contributed by atoms with Crippen LogP contribution in [0.2, 0.25) is 0 Å². The first-order chi connectivity index (χ1) is 10.3. The smallest absolute Gasteiger partial charge is 0.0995 e. The molecule has 4 heteroatoms. The molecule has 0 fully saturated rings. The predicted molar refractivity (Wildman–Crippen MR) is 82.3 cm³/mol. The number of nitriles is 1. The van der Waals surface area contributed by atoms with E-state index in [-0.39, 0.29) is 0 Å². The van der Waals surface area contributed by atoms with Crippen LogP contribution in [-0.2, 0) is 6.54 Å². The van der Waals surface area contributed by atoms with Crippen LogP contribution in [0.5, 0.6) is 0 Å². The molecule has 0 saturated heterocycles. The molecule has 2 aromatic carbocycles. The van der Waals surface area contributed by atoms with E-state index < -0.39 is 0 Å². The second kappa shape index (κ2) is 5.51. The molecule has 102 valence electrons. The highest BCUT2D eigenvalue weighted by Gasteiger charge is 2.07. The van der Waals surface area contributed by atoms with Crippen LogP contribution in [0.4, 0.5) is 5.69 Å². The molecular formula is C17H14N4. The van der Waals surface area contributed by atoms with Crippen molar-refractivity contribution in [2.75, 3.05) is 5.73 Å². The fourth-order valence-corrected chi connectivity index (χ4v) is 2.29. The van der Waals surface area contributed by atoms with E-state index in [0.29, 0.717) is 12.1 Å². The van der Waals surface area contributed by atoms with E-state index in [9.17, 15) is 0 Å². The molecule has 0 unspecified atom stereocenters. The fourth-order valence-electron chi connectivity index (χ4n) is 2.29. The molecule has 0 atom stereocenters. The summed E-state index contributed by atoms with van der Waals surface area (Å²) in [4.78, 5) is 0. The predicted octanol–water partition coefficient (Wildman–Crippen LogP) is 3.05. The van der Waals surface area contributed by atoms with Crippen LogP contribution in [0.1, 0.15) is 11.1 Å². The number of hydrogen-bond donors (Lipinski definition) is 1. The van der Waals surface area contributed by atoms with Crippen molar-refractivity contribution >= 4 is 5.69 Å². The Hall–Kier alpha value is -3.06. The largest absolute Gasteiger partial charge is 0.398 e. The lowest BCUT2D eigenvalue weighted by atomic mass is 10.1. The Morgan fingerprint density at radius 1 is 1.10 bits per heavy atom. The Morgan fingerprint density at radius 3 is 2.67 bits per heavy atom. The SMILES string of the molecule is N#Cc1ccccc1Cn1cc(-c2ccccc2N)cn1. The lowest BCUT2D eigenvalue weighted by Gasteiger charge is -2.04. The average molecular weight is 274 g/mol. The minimum Gasteiger partial charge on any atom is -0.398 e. The molecule has 1 aromatic heterocycles. The zero-order valence-corrected chi connectivity index (χ0v) is 11.4. The van der Waals surface area contributed by atoms with E-state index in [0.717, 1.165) is 22.4 Å². The molecular weight excluding hydrogens is 260 g/mol. The number of anilines is 1. The first kappa shape index (κ1) is 12.9. The van der Waals surface area contributed by atoms with Crippen molar-refractivity contribution in [3.8, 4) is 17.2 Å². The van der Waals surface area contributed by atoms with Gasteiger partial charge in [-0.1, -0.05) is 36.4 Å². The summed E-state index contributed by atoms with van der Waals surface area (Å²) in [5, 5.41) is 13.5. The monoisotopic (exact) mass is 274 g/mol. The number of nitrogens with zero attached hydrogens (tertiary/aromatic N) is 3. The van der Waals surface area contributed by atoms with Crippen LogP contribution in [0.15, 0.2) is 60.9 Å². The number of para-hydroxylation sites is 1. The van der Waals surface area contributed by atoms with Crippen molar-refractivity contribution < 1.29 is 0 Å². The summed E-state index contributed by atoms with van der Waals surface area (Å²) in [6, 6.07) is 17.5. The molecule has 2 N–H and O–H groups in total. The highest BCUT2D eigenvalue weighted by atomic mass is 15.3. The Kier molecular flexibility index (Phi) is 3.40. The van der Waals surface area contributed by atoms with Crippen LogP contribution in [-0.4, -0.2) is 9.78 Å². The highest BCUT2D eigenvalue weighted by Crippen LogP contribution is 2.25. The van der Waals surface area contributed by atoms with Gasteiger partial charge in [0.1, 0.15) is 0 Å². The first-order valence-electron chi connectivity index (χ1n) is 6.63. The van der Waals surface area contributed by atoms with E-state index in [1.165, 1.54) is 0 Å². The van der Waals surface area contributed by atoms with E-state index >= 15 is 0 Å². The summed E-state index contributed by atoms with van der Waals surface area (Å²) < 4.78 is 1.82. The number of rotatable bonds is 3. The second-order valence-electron chi connectivity index (χ2n) is 4.78. The summed E-state index contributed by atoms with van der Waals surface area (Å²) >= 11 is 0. The average Bonchev–Trinajstić information content (AvgIpc) is 2.96. The molecule has 3 rings (SSSR count). The lowest BCUT2D eigenvalue weighted by Crippen LogP contribution is -2.01. The molecule has 0 aliphatic heterocycles. The maximum atomic E-state index is 9.12. The van der Waals surface area contributed by atoms with Crippen LogP contribution in [0.25, 0.3) is 11.1 Å². The fraction of sp³-hybridized carbons (Fsp3) is 0.0588. The quantitative estimate of drug-likeness (QED) is 0.746. The van der Waals surface area contributed by atoms with Gasteiger partial charge in [-0.05, 0) is 17.7 Å². The minimum absolute atomic E-state index is 0.566. The first-order valence-corrected chi connectivity index (χ1v) is 6.63. The Labute approximate surface area is 123 Å². The Balaban J connectivity index is 1.90. The Bertz CT molecular complexity index is 811.